The van der Waals surface area contributed by atoms with Gasteiger partial charge >= 0.3 is 0 Å². The first-order valence-electron chi connectivity index (χ1n) is 12.5. The second-order valence-corrected chi connectivity index (χ2v) is 9.50. The highest BCUT2D eigenvalue weighted by Crippen LogP contribution is 2.17. The Morgan fingerprint density at radius 3 is 2.29 bits per heavy atom. The lowest BCUT2D eigenvalue weighted by Gasteiger charge is -2.34. The van der Waals surface area contributed by atoms with Crippen LogP contribution in [0.2, 0.25) is 0 Å². The first-order valence-corrected chi connectivity index (χ1v) is 12.5. The van der Waals surface area contributed by atoms with Gasteiger partial charge in [-0.05, 0) is 52.3 Å². The van der Waals surface area contributed by atoms with Gasteiger partial charge in [0.15, 0.2) is 0 Å². The van der Waals surface area contributed by atoms with Gasteiger partial charge in [0.1, 0.15) is 0 Å². The van der Waals surface area contributed by atoms with Crippen LogP contribution in [0, 0.1) is 27.7 Å². The Hall–Kier alpha value is -3.10. The summed E-state index contributed by atoms with van der Waals surface area (Å²) >= 11 is 0. The molecule has 1 aliphatic rings. The van der Waals surface area contributed by atoms with Crippen LogP contribution in [-0.4, -0.2) is 74.7 Å². The van der Waals surface area contributed by atoms with Gasteiger partial charge in [-0.25, -0.2) is 14.6 Å². The number of aryl methyl sites for hydroxylation is 3. The van der Waals surface area contributed by atoms with Crippen LogP contribution < -0.4 is 5.32 Å². The van der Waals surface area contributed by atoms with Crippen LogP contribution >= 0.6 is 0 Å². The summed E-state index contributed by atoms with van der Waals surface area (Å²) in [6.07, 6.45) is 1.28. The molecule has 0 saturated carbocycles. The molecule has 0 aliphatic carbocycles. The van der Waals surface area contributed by atoms with E-state index >= 15 is 0 Å². The fraction of sp³-hybridized carbons (Fsp3) is 0.481. The summed E-state index contributed by atoms with van der Waals surface area (Å²) in [7, 11) is 0. The third kappa shape index (κ3) is 6.74. The summed E-state index contributed by atoms with van der Waals surface area (Å²) in [6, 6.07) is 12.6. The molecule has 0 atom stereocenters. The van der Waals surface area contributed by atoms with Crippen LogP contribution in [0.4, 0.5) is 0 Å². The highest BCUT2D eigenvalue weighted by atomic mass is 16.1. The molecular weight excluding hydrogens is 438 g/mol. The Bertz CT molecular complexity index is 1110. The van der Waals surface area contributed by atoms with Crippen LogP contribution in [0.3, 0.4) is 0 Å². The van der Waals surface area contributed by atoms with Crippen LogP contribution in [0.1, 0.15) is 40.3 Å². The topological polar surface area (TPSA) is 79.2 Å². The van der Waals surface area contributed by atoms with Crippen LogP contribution in [0.25, 0.3) is 5.95 Å². The summed E-state index contributed by atoms with van der Waals surface area (Å²) in [4.78, 5) is 26.7. The zero-order valence-electron chi connectivity index (χ0n) is 21.4. The number of aromatic nitrogens is 4. The van der Waals surface area contributed by atoms with Crippen LogP contribution in [0.15, 0.2) is 36.4 Å². The number of nitrogens with one attached hydrogen (secondary N) is 1. The fourth-order valence-corrected chi connectivity index (χ4v) is 4.69. The highest BCUT2D eigenvalue weighted by molar-refractivity contribution is 5.79. The van der Waals surface area contributed by atoms with Crippen molar-refractivity contribution in [3.63, 3.8) is 0 Å². The minimum absolute atomic E-state index is 0.0322. The van der Waals surface area contributed by atoms with E-state index in [0.29, 0.717) is 18.9 Å². The molecule has 3 heterocycles. The molecule has 1 N–H and O–H groups in total. The number of nitrogens with zero attached hydrogens (tertiary/aromatic N) is 6. The summed E-state index contributed by atoms with van der Waals surface area (Å²) in [6.45, 7) is 14.9. The summed E-state index contributed by atoms with van der Waals surface area (Å²) in [5.74, 6) is 0.586. The first-order chi connectivity index (χ1) is 16.9. The monoisotopic (exact) mass is 475 g/mol. The van der Waals surface area contributed by atoms with E-state index in [1.165, 1.54) is 5.56 Å². The molecule has 8 nitrogen and oxygen atoms in total. The number of benzene rings is 1. The Morgan fingerprint density at radius 2 is 1.60 bits per heavy atom. The molecule has 1 aromatic carbocycles. The molecule has 8 heteroatoms. The molecule has 4 rings (SSSR count). The summed E-state index contributed by atoms with van der Waals surface area (Å²) < 4.78 is 1.75. The molecule has 1 fully saturated rings. The zero-order valence-corrected chi connectivity index (χ0v) is 21.4. The second-order valence-electron chi connectivity index (χ2n) is 9.50. The summed E-state index contributed by atoms with van der Waals surface area (Å²) in [5, 5.41) is 7.70. The second kappa shape index (κ2) is 11.6. The van der Waals surface area contributed by atoms with Gasteiger partial charge in [0.2, 0.25) is 5.91 Å². The molecule has 1 saturated heterocycles. The van der Waals surface area contributed by atoms with E-state index in [-0.39, 0.29) is 5.91 Å². The number of hydrogen-bond acceptors (Lipinski definition) is 6. The van der Waals surface area contributed by atoms with Crippen molar-refractivity contribution in [2.45, 2.75) is 47.1 Å². The largest absolute Gasteiger partial charge is 0.356 e. The molecule has 35 heavy (non-hydrogen) atoms. The molecule has 1 aliphatic heterocycles. The van der Waals surface area contributed by atoms with Crippen molar-refractivity contribution in [2.75, 3.05) is 39.3 Å². The van der Waals surface area contributed by atoms with E-state index < -0.39 is 0 Å². The van der Waals surface area contributed by atoms with Gasteiger partial charge in [-0.2, -0.15) is 5.10 Å². The SMILES string of the molecule is Cc1cc(C)nc(-n2nc(C)c(CC(=O)NCCCN3CCN(Cc4ccccc4)CC3)c2C)n1. The molecule has 1 amide bonds. The smallest absolute Gasteiger partial charge is 0.251 e. The number of piperazine rings is 1. The molecule has 186 valence electrons. The van der Waals surface area contributed by atoms with Crippen molar-refractivity contribution in [3.8, 4) is 5.95 Å². The fourth-order valence-electron chi connectivity index (χ4n) is 4.69. The lowest BCUT2D eigenvalue weighted by atomic mass is 10.1. The molecular formula is C27H37N7O. The molecule has 0 radical (unpaired) electrons. The Kier molecular flexibility index (Phi) is 8.25. The van der Waals surface area contributed by atoms with Gasteiger partial charge in [-0.1, -0.05) is 30.3 Å². The molecule has 2 aromatic heterocycles. The third-order valence-electron chi connectivity index (χ3n) is 6.63. The van der Waals surface area contributed by atoms with E-state index in [1.807, 2.05) is 33.8 Å². The van der Waals surface area contributed by atoms with Gasteiger partial charge < -0.3 is 10.2 Å². The van der Waals surface area contributed by atoms with E-state index in [4.69, 9.17) is 0 Å². The Balaban J connectivity index is 1.19. The lowest BCUT2D eigenvalue weighted by Crippen LogP contribution is -2.46. The maximum atomic E-state index is 12.6. The van der Waals surface area contributed by atoms with Gasteiger partial charge in [0.25, 0.3) is 5.95 Å². The normalized spacial score (nSPS) is 14.9. The standard InChI is InChI=1S/C27H37N7O/c1-20-17-21(2)30-27(29-20)34-23(4)25(22(3)31-34)18-26(35)28-11-8-12-32-13-15-33(16-14-32)19-24-9-6-5-7-10-24/h5-7,9-10,17H,8,11-16,18-19H2,1-4H3,(H,28,35). The van der Waals surface area contributed by atoms with Crippen LogP contribution in [-0.2, 0) is 17.8 Å². The van der Waals surface area contributed by atoms with Crippen molar-refractivity contribution >= 4 is 5.91 Å². The first kappa shape index (κ1) is 25.0. The van der Waals surface area contributed by atoms with E-state index in [0.717, 1.165) is 74.0 Å². The number of hydrogen-bond donors (Lipinski definition) is 1. The van der Waals surface area contributed by atoms with Gasteiger partial charge in [0.05, 0.1) is 12.1 Å². The average molecular weight is 476 g/mol. The van der Waals surface area contributed by atoms with Gasteiger partial charge in [-0.15, -0.1) is 0 Å². The quantitative estimate of drug-likeness (QED) is 0.480. The van der Waals surface area contributed by atoms with Crippen LogP contribution in [0.5, 0.6) is 0 Å². The average Bonchev–Trinajstić information content (AvgIpc) is 3.11. The predicted octanol–water partition coefficient (Wildman–Crippen LogP) is 2.76. The maximum absolute atomic E-state index is 12.6. The minimum atomic E-state index is 0.0322. The molecule has 0 bridgehead atoms. The highest BCUT2D eigenvalue weighted by Gasteiger charge is 2.19. The maximum Gasteiger partial charge on any atom is 0.251 e. The predicted molar refractivity (Wildman–Crippen MR) is 138 cm³/mol. The third-order valence-corrected chi connectivity index (χ3v) is 6.63. The minimum Gasteiger partial charge on any atom is -0.356 e. The lowest BCUT2D eigenvalue weighted by molar-refractivity contribution is -0.120. The van der Waals surface area contributed by atoms with Gasteiger partial charge in [0, 0.05) is 61.9 Å². The van der Waals surface area contributed by atoms with E-state index in [1.54, 1.807) is 4.68 Å². The number of amides is 1. The molecule has 3 aromatic rings. The van der Waals surface area contributed by atoms with Crippen molar-refractivity contribution in [1.29, 1.82) is 0 Å². The zero-order chi connectivity index (χ0) is 24.8. The Labute approximate surface area is 208 Å². The van der Waals surface area contributed by atoms with Crippen molar-refractivity contribution in [1.82, 2.24) is 34.9 Å². The molecule has 0 spiro atoms. The van der Waals surface area contributed by atoms with Crippen molar-refractivity contribution in [2.24, 2.45) is 0 Å². The number of carbonyl (C=O) groups is 1. The Morgan fingerprint density at radius 1 is 0.943 bits per heavy atom. The molecule has 0 unspecified atom stereocenters. The van der Waals surface area contributed by atoms with Crippen molar-refractivity contribution in [3.05, 3.63) is 70.3 Å². The summed E-state index contributed by atoms with van der Waals surface area (Å²) in [5.41, 5.74) is 5.87. The van der Waals surface area contributed by atoms with E-state index in [9.17, 15) is 4.79 Å². The number of carbonyl (C=O) groups excluding carboxylic acids is 1. The van der Waals surface area contributed by atoms with Gasteiger partial charge in [-0.3, -0.25) is 9.69 Å². The number of rotatable bonds is 9. The van der Waals surface area contributed by atoms with E-state index in [2.05, 4.69) is 60.5 Å². The van der Waals surface area contributed by atoms with Crippen molar-refractivity contribution < 1.29 is 4.79 Å².